The number of nitrogens with zero attached hydrogens (tertiary/aromatic N) is 2. The fourth-order valence-corrected chi connectivity index (χ4v) is 2.64. The largest absolute Gasteiger partial charge is 0.502 e. The molecule has 3 aromatic rings. The molecule has 1 aromatic heterocycles. The van der Waals surface area contributed by atoms with Gasteiger partial charge < -0.3 is 19.1 Å². The minimum atomic E-state index is -0.452. The Hall–Kier alpha value is -3.81. The second kappa shape index (κ2) is 8.26. The number of rotatable bonds is 6. The number of amides is 1. The Kier molecular flexibility index (Phi) is 5.59. The minimum Gasteiger partial charge on any atom is -0.502 e. The van der Waals surface area contributed by atoms with Crippen LogP contribution >= 0.6 is 0 Å². The van der Waals surface area contributed by atoms with Crippen molar-refractivity contribution in [3.8, 4) is 28.5 Å². The van der Waals surface area contributed by atoms with Gasteiger partial charge in [0.1, 0.15) is 17.0 Å². The van der Waals surface area contributed by atoms with Gasteiger partial charge in [0, 0.05) is 11.1 Å². The summed E-state index contributed by atoms with van der Waals surface area (Å²) in [6.07, 6.45) is 1.41. The number of hydrogen-bond acceptors (Lipinski definition) is 7. The molecule has 0 saturated heterocycles. The number of benzene rings is 2. The predicted molar refractivity (Wildman–Crippen MR) is 103 cm³/mol. The van der Waals surface area contributed by atoms with Gasteiger partial charge in [0.15, 0.2) is 11.5 Å². The van der Waals surface area contributed by atoms with Crippen molar-refractivity contribution >= 4 is 12.1 Å². The fraction of sp³-hybridized carbons (Fsp3) is 0.150. The van der Waals surface area contributed by atoms with E-state index in [0.29, 0.717) is 22.6 Å². The van der Waals surface area contributed by atoms with Gasteiger partial charge in [0.25, 0.3) is 5.91 Å². The number of phenolic OH excluding ortho intramolecular Hbond substituents is 1. The van der Waals surface area contributed by atoms with Gasteiger partial charge >= 0.3 is 0 Å². The first-order valence-electron chi connectivity index (χ1n) is 8.35. The molecule has 28 heavy (non-hydrogen) atoms. The van der Waals surface area contributed by atoms with Gasteiger partial charge in [-0.05, 0) is 19.1 Å². The van der Waals surface area contributed by atoms with Crippen molar-refractivity contribution in [1.29, 1.82) is 0 Å². The molecule has 2 N–H and O–H groups in total. The van der Waals surface area contributed by atoms with Crippen molar-refractivity contribution in [1.82, 2.24) is 10.6 Å². The van der Waals surface area contributed by atoms with Crippen LogP contribution in [0.5, 0.6) is 17.2 Å². The summed E-state index contributed by atoms with van der Waals surface area (Å²) in [6.45, 7) is 1.66. The Labute approximate surface area is 161 Å². The topological polar surface area (TPSA) is 106 Å². The number of carbonyl (C=O) groups is 1. The minimum absolute atomic E-state index is 0.112. The van der Waals surface area contributed by atoms with Gasteiger partial charge in [-0.3, -0.25) is 4.79 Å². The van der Waals surface area contributed by atoms with E-state index in [2.05, 4.69) is 15.7 Å². The summed E-state index contributed by atoms with van der Waals surface area (Å²) < 4.78 is 15.4. The molecule has 8 heteroatoms. The molecule has 3 rings (SSSR count). The molecule has 0 saturated carbocycles. The molecule has 0 aliphatic rings. The molecule has 8 nitrogen and oxygen atoms in total. The first-order chi connectivity index (χ1) is 13.5. The summed E-state index contributed by atoms with van der Waals surface area (Å²) in [6, 6.07) is 12.4. The predicted octanol–water partition coefficient (Wildman–Crippen LogP) is 3.14. The summed E-state index contributed by atoms with van der Waals surface area (Å²) in [5.41, 5.74) is 4.55. The molecule has 2 aromatic carbocycles. The van der Waals surface area contributed by atoms with Gasteiger partial charge in [-0.1, -0.05) is 35.5 Å². The van der Waals surface area contributed by atoms with Crippen molar-refractivity contribution in [3.63, 3.8) is 0 Å². The zero-order valence-corrected chi connectivity index (χ0v) is 15.6. The third-order valence-corrected chi connectivity index (χ3v) is 4.02. The second-order valence-corrected chi connectivity index (χ2v) is 5.80. The summed E-state index contributed by atoms with van der Waals surface area (Å²) in [5, 5.41) is 17.9. The molecule has 0 fully saturated rings. The van der Waals surface area contributed by atoms with E-state index >= 15 is 0 Å². The van der Waals surface area contributed by atoms with Gasteiger partial charge in [-0.2, -0.15) is 5.10 Å². The monoisotopic (exact) mass is 381 g/mol. The molecular weight excluding hydrogens is 362 g/mol. The maximum absolute atomic E-state index is 12.6. The van der Waals surface area contributed by atoms with E-state index in [1.54, 1.807) is 19.1 Å². The lowest BCUT2D eigenvalue weighted by atomic mass is 10.1. The van der Waals surface area contributed by atoms with Crippen molar-refractivity contribution in [2.45, 2.75) is 6.92 Å². The van der Waals surface area contributed by atoms with Crippen LogP contribution in [0.25, 0.3) is 11.3 Å². The molecule has 0 unspecified atom stereocenters. The van der Waals surface area contributed by atoms with E-state index in [0.717, 1.165) is 5.56 Å². The first kappa shape index (κ1) is 19.0. The highest BCUT2D eigenvalue weighted by atomic mass is 16.5. The van der Waals surface area contributed by atoms with Gasteiger partial charge in [0.2, 0.25) is 5.75 Å². The van der Waals surface area contributed by atoms with Crippen LogP contribution in [0.3, 0.4) is 0 Å². The van der Waals surface area contributed by atoms with Crippen LogP contribution < -0.4 is 14.9 Å². The number of aryl methyl sites for hydroxylation is 1. The Bertz CT molecular complexity index is 987. The highest BCUT2D eigenvalue weighted by Gasteiger charge is 2.21. The van der Waals surface area contributed by atoms with Crippen molar-refractivity contribution in [3.05, 3.63) is 59.4 Å². The quantitative estimate of drug-likeness (QED) is 0.502. The standard InChI is InChI=1S/C20H19N3O5/c1-12-17(18(23-28-12)14-7-5-4-6-8-14)20(25)22-21-11-13-9-15(26-2)19(24)16(10-13)27-3/h4-11,24H,1-3H3,(H,22,25)/b21-11+. The number of aromatic nitrogens is 1. The van der Waals surface area contributed by atoms with Gasteiger partial charge in [0.05, 0.1) is 20.4 Å². The van der Waals surface area contributed by atoms with Crippen LogP contribution in [0.4, 0.5) is 0 Å². The third kappa shape index (κ3) is 3.80. The van der Waals surface area contributed by atoms with Gasteiger partial charge in [-0.15, -0.1) is 0 Å². The summed E-state index contributed by atoms with van der Waals surface area (Å²) in [4.78, 5) is 12.6. The molecule has 0 radical (unpaired) electrons. The zero-order chi connectivity index (χ0) is 20.1. The first-order valence-corrected chi connectivity index (χ1v) is 8.35. The van der Waals surface area contributed by atoms with Crippen LogP contribution in [0.1, 0.15) is 21.7 Å². The molecule has 0 bridgehead atoms. The van der Waals surface area contributed by atoms with Crippen LogP contribution in [-0.2, 0) is 0 Å². The molecule has 1 heterocycles. The van der Waals surface area contributed by atoms with Crippen molar-refractivity contribution in [2.24, 2.45) is 5.10 Å². The number of aromatic hydroxyl groups is 1. The van der Waals surface area contributed by atoms with E-state index < -0.39 is 5.91 Å². The Morgan fingerprint density at radius 1 is 1.18 bits per heavy atom. The lowest BCUT2D eigenvalue weighted by Gasteiger charge is -2.09. The highest BCUT2D eigenvalue weighted by Crippen LogP contribution is 2.36. The average Bonchev–Trinajstić information content (AvgIpc) is 3.11. The van der Waals surface area contributed by atoms with Crippen LogP contribution in [0.2, 0.25) is 0 Å². The molecule has 0 atom stereocenters. The molecule has 0 spiro atoms. The van der Waals surface area contributed by atoms with Gasteiger partial charge in [-0.25, -0.2) is 5.43 Å². The number of phenols is 1. The van der Waals surface area contributed by atoms with Crippen LogP contribution in [0.15, 0.2) is 52.1 Å². The SMILES string of the molecule is COc1cc(/C=N/NC(=O)c2c(-c3ccccc3)noc2C)cc(OC)c1O. The third-order valence-electron chi connectivity index (χ3n) is 4.02. The van der Waals surface area contributed by atoms with E-state index in [1.807, 2.05) is 30.3 Å². The molecule has 0 aliphatic carbocycles. The molecule has 0 aliphatic heterocycles. The number of methoxy groups -OCH3 is 2. The van der Waals surface area contributed by atoms with Crippen molar-refractivity contribution in [2.75, 3.05) is 14.2 Å². The number of hydrogen-bond donors (Lipinski definition) is 2. The lowest BCUT2D eigenvalue weighted by molar-refractivity contribution is 0.0954. The Morgan fingerprint density at radius 3 is 2.43 bits per heavy atom. The summed E-state index contributed by atoms with van der Waals surface area (Å²) in [7, 11) is 2.86. The van der Waals surface area contributed by atoms with E-state index in [9.17, 15) is 9.90 Å². The summed E-state index contributed by atoms with van der Waals surface area (Å²) in [5.74, 6) is 0.284. The van der Waals surface area contributed by atoms with E-state index in [1.165, 1.54) is 20.4 Å². The smallest absolute Gasteiger partial charge is 0.277 e. The second-order valence-electron chi connectivity index (χ2n) is 5.80. The Balaban J connectivity index is 1.81. The maximum Gasteiger partial charge on any atom is 0.277 e. The van der Waals surface area contributed by atoms with Crippen LogP contribution in [-0.4, -0.2) is 36.6 Å². The number of nitrogens with one attached hydrogen (secondary N) is 1. The molecule has 1 amide bonds. The normalized spacial score (nSPS) is 10.8. The zero-order valence-electron chi connectivity index (χ0n) is 15.6. The highest BCUT2D eigenvalue weighted by molar-refractivity contribution is 6.01. The fourth-order valence-electron chi connectivity index (χ4n) is 2.64. The number of carbonyl (C=O) groups excluding carboxylic acids is 1. The average molecular weight is 381 g/mol. The number of ether oxygens (including phenoxy) is 2. The molecule has 144 valence electrons. The lowest BCUT2D eigenvalue weighted by Crippen LogP contribution is -2.18. The van der Waals surface area contributed by atoms with E-state index in [-0.39, 0.29) is 17.2 Å². The summed E-state index contributed by atoms with van der Waals surface area (Å²) >= 11 is 0. The Morgan fingerprint density at radius 2 is 1.82 bits per heavy atom. The molecular formula is C20H19N3O5. The van der Waals surface area contributed by atoms with E-state index in [4.69, 9.17) is 14.0 Å². The van der Waals surface area contributed by atoms with Crippen molar-refractivity contribution < 1.29 is 23.9 Å². The van der Waals surface area contributed by atoms with Crippen LogP contribution in [0, 0.1) is 6.92 Å². The number of hydrazone groups is 1. The maximum atomic E-state index is 12.6.